The van der Waals surface area contributed by atoms with Crippen molar-refractivity contribution in [3.8, 4) is 5.75 Å². The quantitative estimate of drug-likeness (QED) is 0.570. The van der Waals surface area contributed by atoms with E-state index < -0.39 is 17.6 Å². The van der Waals surface area contributed by atoms with Gasteiger partial charge in [0.25, 0.3) is 0 Å². The molecule has 0 aliphatic carbocycles. The number of fused-ring (bicyclic) bond motifs is 1. The Morgan fingerprint density at radius 2 is 1.87 bits per heavy atom. The molecule has 0 aliphatic rings. The van der Waals surface area contributed by atoms with E-state index in [1.54, 1.807) is 13.3 Å². The van der Waals surface area contributed by atoms with E-state index >= 15 is 0 Å². The van der Waals surface area contributed by atoms with Crippen LogP contribution >= 0.6 is 0 Å². The van der Waals surface area contributed by atoms with Crippen LogP contribution in [0.4, 0.5) is 8.78 Å². The summed E-state index contributed by atoms with van der Waals surface area (Å²) in [6, 6.07) is 8.98. The Morgan fingerprint density at radius 3 is 2.57 bits per heavy atom. The van der Waals surface area contributed by atoms with Crippen molar-refractivity contribution in [3.05, 3.63) is 65.4 Å². The van der Waals surface area contributed by atoms with E-state index in [4.69, 9.17) is 4.74 Å². The predicted molar refractivity (Wildman–Crippen MR) is 107 cm³/mol. The summed E-state index contributed by atoms with van der Waals surface area (Å²) in [7, 11) is 2.83. The van der Waals surface area contributed by atoms with E-state index in [-0.39, 0.29) is 31.8 Å². The Morgan fingerprint density at radius 1 is 1.07 bits per heavy atom. The maximum Gasteiger partial charge on any atom is 0.307 e. The molecule has 3 rings (SSSR count). The number of aromatic amines is 1. The number of ether oxygens (including phenoxy) is 2. The first-order valence-corrected chi connectivity index (χ1v) is 9.33. The third-order valence-electron chi connectivity index (χ3n) is 4.84. The summed E-state index contributed by atoms with van der Waals surface area (Å²) in [5.41, 5.74) is 2.05. The van der Waals surface area contributed by atoms with E-state index in [9.17, 15) is 18.4 Å². The zero-order valence-electron chi connectivity index (χ0n) is 16.7. The van der Waals surface area contributed by atoms with Crippen LogP contribution in [-0.4, -0.2) is 42.5 Å². The van der Waals surface area contributed by atoms with E-state index in [0.717, 1.165) is 28.6 Å². The maximum atomic E-state index is 13.6. The fourth-order valence-electron chi connectivity index (χ4n) is 3.18. The van der Waals surface area contributed by atoms with Crippen molar-refractivity contribution >= 4 is 22.8 Å². The van der Waals surface area contributed by atoms with Crippen LogP contribution in [0.15, 0.2) is 42.6 Å². The highest BCUT2D eigenvalue weighted by atomic mass is 19.2. The van der Waals surface area contributed by atoms with E-state index in [1.807, 2.05) is 18.2 Å². The van der Waals surface area contributed by atoms with Crippen LogP contribution in [0.2, 0.25) is 0 Å². The zero-order chi connectivity index (χ0) is 21.7. The van der Waals surface area contributed by atoms with Gasteiger partial charge in [-0.15, -0.1) is 0 Å². The van der Waals surface area contributed by atoms with Crippen LogP contribution in [0.1, 0.15) is 17.5 Å². The first-order chi connectivity index (χ1) is 14.4. The van der Waals surface area contributed by atoms with Crippen molar-refractivity contribution in [2.75, 3.05) is 20.8 Å². The van der Waals surface area contributed by atoms with Crippen molar-refractivity contribution in [1.29, 1.82) is 0 Å². The fraction of sp³-hybridized carbons (Fsp3) is 0.273. The lowest BCUT2D eigenvalue weighted by molar-refractivity contribution is -0.141. The molecule has 8 heteroatoms. The molecule has 0 fully saturated rings. The Balaban J connectivity index is 1.82. The molecule has 0 saturated carbocycles. The lowest BCUT2D eigenvalue weighted by atomic mass is 10.1. The molecule has 3 aromatic rings. The van der Waals surface area contributed by atoms with Gasteiger partial charge in [-0.3, -0.25) is 9.59 Å². The van der Waals surface area contributed by atoms with Crippen molar-refractivity contribution < 1.29 is 27.8 Å². The number of aromatic nitrogens is 1. The smallest absolute Gasteiger partial charge is 0.307 e. The monoisotopic (exact) mass is 416 g/mol. The van der Waals surface area contributed by atoms with Crippen molar-refractivity contribution in [2.45, 2.75) is 19.4 Å². The number of esters is 1. The highest BCUT2D eigenvalue weighted by Crippen LogP contribution is 2.24. The fourth-order valence-corrected chi connectivity index (χ4v) is 3.18. The van der Waals surface area contributed by atoms with Gasteiger partial charge in [-0.05, 0) is 41.5 Å². The minimum Gasteiger partial charge on any atom is -0.497 e. The predicted octanol–water partition coefficient (Wildman–Crippen LogP) is 3.59. The summed E-state index contributed by atoms with van der Waals surface area (Å²) in [6.45, 7) is 0.134. The first-order valence-electron chi connectivity index (χ1n) is 9.33. The third kappa shape index (κ3) is 4.94. The van der Waals surface area contributed by atoms with Crippen LogP contribution in [0.25, 0.3) is 10.9 Å². The maximum absolute atomic E-state index is 13.6. The van der Waals surface area contributed by atoms with Crippen LogP contribution in [0.5, 0.6) is 5.75 Å². The summed E-state index contributed by atoms with van der Waals surface area (Å²) in [4.78, 5) is 29.1. The Bertz CT molecular complexity index is 1060. The van der Waals surface area contributed by atoms with Crippen molar-refractivity contribution in [3.63, 3.8) is 0 Å². The number of nitrogens with one attached hydrogen (secondary N) is 1. The number of carbonyl (C=O) groups excluding carboxylic acids is 2. The molecule has 0 aliphatic heterocycles. The average molecular weight is 416 g/mol. The molecule has 2 aromatic carbocycles. The molecule has 1 amide bonds. The molecule has 1 N–H and O–H groups in total. The van der Waals surface area contributed by atoms with Gasteiger partial charge in [0.2, 0.25) is 5.91 Å². The van der Waals surface area contributed by atoms with Gasteiger partial charge in [-0.1, -0.05) is 6.07 Å². The molecule has 30 heavy (non-hydrogen) atoms. The van der Waals surface area contributed by atoms with Crippen molar-refractivity contribution in [2.24, 2.45) is 0 Å². The largest absolute Gasteiger partial charge is 0.497 e. The molecule has 158 valence electrons. The van der Waals surface area contributed by atoms with Crippen molar-refractivity contribution in [1.82, 2.24) is 9.88 Å². The van der Waals surface area contributed by atoms with Gasteiger partial charge in [0, 0.05) is 30.2 Å². The van der Waals surface area contributed by atoms with E-state index in [0.29, 0.717) is 11.3 Å². The first kappa shape index (κ1) is 21.3. The van der Waals surface area contributed by atoms with Gasteiger partial charge in [-0.2, -0.15) is 0 Å². The Hall–Kier alpha value is -3.42. The minimum atomic E-state index is -0.989. The van der Waals surface area contributed by atoms with Crippen LogP contribution < -0.4 is 4.74 Å². The number of halogens is 2. The highest BCUT2D eigenvalue weighted by molar-refractivity contribution is 5.90. The number of nitrogens with zero attached hydrogens (tertiary/aromatic N) is 1. The normalized spacial score (nSPS) is 10.8. The number of methoxy groups -OCH3 is 2. The zero-order valence-corrected chi connectivity index (χ0v) is 16.7. The molecule has 1 aromatic heterocycles. The van der Waals surface area contributed by atoms with Crippen LogP contribution in [0.3, 0.4) is 0 Å². The number of rotatable bonds is 8. The van der Waals surface area contributed by atoms with E-state index in [1.165, 1.54) is 18.1 Å². The molecule has 0 bridgehead atoms. The number of hydrogen-bond acceptors (Lipinski definition) is 4. The lowest BCUT2D eigenvalue weighted by Crippen LogP contribution is -2.34. The Labute approximate surface area is 172 Å². The van der Waals surface area contributed by atoms with Crippen LogP contribution in [-0.2, 0) is 27.3 Å². The molecular weight excluding hydrogens is 394 g/mol. The number of carbonyl (C=O) groups is 2. The topological polar surface area (TPSA) is 71.6 Å². The molecular formula is C22H22F2N2O4. The Kier molecular flexibility index (Phi) is 6.66. The molecule has 0 unspecified atom stereocenters. The summed E-state index contributed by atoms with van der Waals surface area (Å²) < 4.78 is 36.7. The summed E-state index contributed by atoms with van der Waals surface area (Å²) in [5.74, 6) is -2.00. The molecule has 6 nitrogen and oxygen atoms in total. The second kappa shape index (κ2) is 9.39. The number of H-pyrrole nitrogens is 1. The van der Waals surface area contributed by atoms with Gasteiger partial charge < -0.3 is 19.4 Å². The van der Waals surface area contributed by atoms with Gasteiger partial charge in [0.15, 0.2) is 11.6 Å². The highest BCUT2D eigenvalue weighted by Gasteiger charge is 2.19. The summed E-state index contributed by atoms with van der Waals surface area (Å²) in [6.07, 6.45) is 1.81. The van der Waals surface area contributed by atoms with Gasteiger partial charge in [0.05, 0.1) is 27.1 Å². The SMILES string of the molecule is COC(=O)CCN(Cc1ccc(F)c(F)c1)C(=O)Cc1c[nH]c2ccc(OC)cc12. The van der Waals surface area contributed by atoms with Gasteiger partial charge in [-0.25, -0.2) is 8.78 Å². The van der Waals surface area contributed by atoms with E-state index in [2.05, 4.69) is 9.72 Å². The minimum absolute atomic E-state index is 0.00633. The van der Waals surface area contributed by atoms with Gasteiger partial charge >= 0.3 is 5.97 Å². The number of benzene rings is 2. The summed E-state index contributed by atoms with van der Waals surface area (Å²) in [5, 5.41) is 0.850. The molecule has 1 heterocycles. The molecule has 0 spiro atoms. The van der Waals surface area contributed by atoms with Gasteiger partial charge in [0.1, 0.15) is 5.75 Å². The average Bonchev–Trinajstić information content (AvgIpc) is 3.14. The van der Waals surface area contributed by atoms with Crippen LogP contribution in [0, 0.1) is 11.6 Å². The summed E-state index contributed by atoms with van der Waals surface area (Å²) >= 11 is 0. The molecule has 0 atom stereocenters. The number of hydrogen-bond donors (Lipinski definition) is 1. The molecule has 0 radical (unpaired) electrons. The molecule has 0 saturated heterocycles. The number of amides is 1. The second-order valence-electron chi connectivity index (χ2n) is 6.79. The standard InChI is InChI=1S/C22H22F2N2O4/c1-29-16-4-6-20-17(11-16)15(12-25-20)10-21(27)26(8-7-22(28)30-2)13-14-3-5-18(23)19(24)9-14/h3-6,9,11-12,25H,7-8,10,13H2,1-2H3. The second-order valence-corrected chi connectivity index (χ2v) is 6.79. The lowest BCUT2D eigenvalue weighted by Gasteiger charge is -2.22. The third-order valence-corrected chi connectivity index (χ3v) is 4.84.